The number of hydrazine groups is 1. The number of aryl methyl sites for hydroxylation is 1. The molecule has 0 saturated heterocycles. The van der Waals surface area contributed by atoms with Gasteiger partial charge in [0.1, 0.15) is 17.3 Å². The van der Waals surface area contributed by atoms with Crippen molar-refractivity contribution in [2.75, 3.05) is 0 Å². The molecular formula is C24H21FN4O5. The molecule has 0 spiro atoms. The standard InChI is InChI=1S/C24H21FN4O5/c1-13-20-17(26-27-23(32)15-8-3-5-11-18(15)30)10-6-12-19(20)34-21(13)24(33)29-28-22(31)14-7-2-4-9-16(14)25/h2-5,7-9,11,30H,6,10,12H2,1H3,(H,27,32)(H,28,31)(H,29,33)/b26-17+. The van der Waals surface area contributed by atoms with Crippen molar-refractivity contribution >= 4 is 23.4 Å². The molecule has 0 unspecified atom stereocenters. The molecule has 174 valence electrons. The smallest absolute Gasteiger partial charge is 0.305 e. The Kier molecular flexibility index (Phi) is 6.39. The van der Waals surface area contributed by atoms with Gasteiger partial charge in [0.05, 0.1) is 16.8 Å². The summed E-state index contributed by atoms with van der Waals surface area (Å²) in [4.78, 5) is 37.2. The highest BCUT2D eigenvalue weighted by molar-refractivity contribution is 6.07. The van der Waals surface area contributed by atoms with Crippen LogP contribution < -0.4 is 16.3 Å². The molecule has 9 nitrogen and oxygen atoms in total. The predicted molar refractivity (Wildman–Crippen MR) is 120 cm³/mol. The number of fused-ring (bicyclic) bond motifs is 1. The van der Waals surface area contributed by atoms with Crippen LogP contribution in [0.2, 0.25) is 0 Å². The first-order valence-corrected chi connectivity index (χ1v) is 10.5. The highest BCUT2D eigenvalue weighted by atomic mass is 19.1. The summed E-state index contributed by atoms with van der Waals surface area (Å²) >= 11 is 0. The Bertz CT molecular complexity index is 1310. The van der Waals surface area contributed by atoms with Gasteiger partial charge in [0.2, 0.25) is 0 Å². The summed E-state index contributed by atoms with van der Waals surface area (Å²) in [5, 5.41) is 14.0. The number of phenols is 1. The fourth-order valence-electron chi connectivity index (χ4n) is 3.72. The molecule has 1 aliphatic carbocycles. The summed E-state index contributed by atoms with van der Waals surface area (Å²) in [6.07, 6.45) is 1.80. The molecule has 0 bridgehead atoms. The van der Waals surface area contributed by atoms with Gasteiger partial charge in [-0.1, -0.05) is 24.3 Å². The van der Waals surface area contributed by atoms with Gasteiger partial charge in [-0.15, -0.1) is 0 Å². The molecule has 0 saturated carbocycles. The summed E-state index contributed by atoms with van der Waals surface area (Å²) in [7, 11) is 0. The Morgan fingerprint density at radius 3 is 2.35 bits per heavy atom. The van der Waals surface area contributed by atoms with Gasteiger partial charge in [-0.05, 0) is 44.0 Å². The molecule has 0 atom stereocenters. The minimum atomic E-state index is -0.811. The molecule has 4 N–H and O–H groups in total. The van der Waals surface area contributed by atoms with Crippen LogP contribution in [0.3, 0.4) is 0 Å². The number of aromatic hydroxyl groups is 1. The Hall–Kier alpha value is -4.47. The lowest BCUT2D eigenvalue weighted by Gasteiger charge is -2.13. The van der Waals surface area contributed by atoms with Crippen molar-refractivity contribution in [3.05, 3.63) is 88.1 Å². The van der Waals surface area contributed by atoms with Crippen LogP contribution in [0, 0.1) is 12.7 Å². The SMILES string of the molecule is Cc1c(C(=O)NNC(=O)c2ccccc2F)oc2c1/C(=N/NC(=O)c1ccccc1O)CCC2. The van der Waals surface area contributed by atoms with Gasteiger partial charge < -0.3 is 9.52 Å². The van der Waals surface area contributed by atoms with Crippen LogP contribution in [-0.4, -0.2) is 28.5 Å². The maximum absolute atomic E-state index is 13.8. The molecule has 1 heterocycles. The number of rotatable bonds is 4. The third-order valence-electron chi connectivity index (χ3n) is 5.38. The first-order valence-electron chi connectivity index (χ1n) is 10.5. The van der Waals surface area contributed by atoms with Crippen LogP contribution in [0.25, 0.3) is 0 Å². The number of para-hydroxylation sites is 1. The van der Waals surface area contributed by atoms with Gasteiger partial charge in [-0.2, -0.15) is 5.10 Å². The van der Waals surface area contributed by atoms with Crippen LogP contribution in [0.15, 0.2) is 58.0 Å². The molecule has 0 fully saturated rings. The number of hydrazone groups is 1. The molecule has 3 aromatic rings. The topological polar surface area (TPSA) is 133 Å². The summed E-state index contributed by atoms with van der Waals surface area (Å²) in [6.45, 7) is 1.67. The number of carbonyl (C=O) groups is 3. The lowest BCUT2D eigenvalue weighted by Crippen LogP contribution is -2.42. The van der Waals surface area contributed by atoms with E-state index in [4.69, 9.17) is 4.42 Å². The second-order valence-electron chi connectivity index (χ2n) is 7.61. The van der Waals surface area contributed by atoms with E-state index >= 15 is 0 Å². The van der Waals surface area contributed by atoms with Crippen LogP contribution in [-0.2, 0) is 6.42 Å². The highest BCUT2D eigenvalue weighted by Crippen LogP contribution is 2.30. The largest absolute Gasteiger partial charge is 0.507 e. The molecular weight excluding hydrogens is 443 g/mol. The molecule has 1 aromatic heterocycles. The maximum Gasteiger partial charge on any atom is 0.305 e. The van der Waals surface area contributed by atoms with E-state index in [1.165, 1.54) is 30.3 Å². The fourth-order valence-corrected chi connectivity index (χ4v) is 3.72. The Balaban J connectivity index is 1.50. The molecule has 3 amide bonds. The molecule has 2 aromatic carbocycles. The molecule has 10 heteroatoms. The van der Waals surface area contributed by atoms with E-state index in [0.29, 0.717) is 41.9 Å². The van der Waals surface area contributed by atoms with Crippen molar-refractivity contribution in [1.82, 2.24) is 16.3 Å². The van der Waals surface area contributed by atoms with E-state index in [1.54, 1.807) is 19.1 Å². The Morgan fingerprint density at radius 2 is 1.62 bits per heavy atom. The lowest BCUT2D eigenvalue weighted by molar-refractivity contribution is 0.0827. The summed E-state index contributed by atoms with van der Waals surface area (Å²) < 4.78 is 19.5. The molecule has 0 aliphatic heterocycles. The van der Waals surface area contributed by atoms with Crippen molar-refractivity contribution in [3.8, 4) is 5.75 Å². The van der Waals surface area contributed by atoms with E-state index in [-0.39, 0.29) is 22.6 Å². The number of nitrogens with zero attached hydrogens (tertiary/aromatic N) is 1. The van der Waals surface area contributed by atoms with Gasteiger partial charge in [0, 0.05) is 17.5 Å². The normalized spacial score (nSPS) is 13.8. The number of phenolic OH excluding ortho intramolecular Hbond substituents is 1. The monoisotopic (exact) mass is 464 g/mol. The second-order valence-corrected chi connectivity index (χ2v) is 7.61. The quantitative estimate of drug-likeness (QED) is 0.441. The van der Waals surface area contributed by atoms with E-state index in [2.05, 4.69) is 21.4 Å². The Labute approximate surface area is 193 Å². The average Bonchev–Trinajstić information content (AvgIpc) is 3.18. The number of benzene rings is 2. The fraction of sp³-hybridized carbons (Fsp3) is 0.167. The van der Waals surface area contributed by atoms with Gasteiger partial charge in [-0.3, -0.25) is 25.2 Å². The van der Waals surface area contributed by atoms with Gasteiger partial charge in [-0.25, -0.2) is 9.82 Å². The maximum atomic E-state index is 13.8. The van der Waals surface area contributed by atoms with Gasteiger partial charge in [0.25, 0.3) is 11.8 Å². The molecule has 34 heavy (non-hydrogen) atoms. The number of nitrogens with one attached hydrogen (secondary N) is 3. The number of hydrogen-bond donors (Lipinski definition) is 4. The molecule has 4 rings (SSSR count). The summed E-state index contributed by atoms with van der Waals surface area (Å²) in [5.41, 5.74) is 8.33. The van der Waals surface area contributed by atoms with Crippen molar-refractivity contribution < 1.29 is 28.3 Å². The zero-order chi connectivity index (χ0) is 24.2. The third kappa shape index (κ3) is 4.51. The van der Waals surface area contributed by atoms with Gasteiger partial charge in [0.15, 0.2) is 5.76 Å². The van der Waals surface area contributed by atoms with Crippen LogP contribution >= 0.6 is 0 Å². The number of furan rings is 1. The van der Waals surface area contributed by atoms with E-state index in [0.717, 1.165) is 6.07 Å². The number of halogens is 1. The summed E-state index contributed by atoms with van der Waals surface area (Å²) in [5.74, 6) is -2.48. The molecule has 1 aliphatic rings. The zero-order valence-corrected chi connectivity index (χ0v) is 18.1. The van der Waals surface area contributed by atoms with Crippen LogP contribution in [0.4, 0.5) is 4.39 Å². The Morgan fingerprint density at radius 1 is 0.941 bits per heavy atom. The predicted octanol–water partition coefficient (Wildman–Crippen LogP) is 2.98. The second kappa shape index (κ2) is 9.57. The minimum Gasteiger partial charge on any atom is -0.507 e. The van der Waals surface area contributed by atoms with Crippen LogP contribution in [0.5, 0.6) is 5.75 Å². The zero-order valence-electron chi connectivity index (χ0n) is 18.1. The third-order valence-corrected chi connectivity index (χ3v) is 5.38. The first-order chi connectivity index (χ1) is 16.4. The first kappa shape index (κ1) is 22.7. The number of carbonyl (C=O) groups excluding carboxylic acids is 3. The number of hydrogen-bond acceptors (Lipinski definition) is 6. The van der Waals surface area contributed by atoms with Crippen molar-refractivity contribution in [2.45, 2.75) is 26.2 Å². The number of amides is 3. The van der Waals surface area contributed by atoms with Crippen molar-refractivity contribution in [2.24, 2.45) is 5.10 Å². The van der Waals surface area contributed by atoms with Crippen LogP contribution in [0.1, 0.15) is 61.0 Å². The summed E-state index contributed by atoms with van der Waals surface area (Å²) in [6, 6.07) is 11.5. The minimum absolute atomic E-state index is 0.0273. The van der Waals surface area contributed by atoms with Crippen molar-refractivity contribution in [3.63, 3.8) is 0 Å². The van der Waals surface area contributed by atoms with E-state index in [1.807, 2.05) is 0 Å². The van der Waals surface area contributed by atoms with E-state index in [9.17, 15) is 23.9 Å². The average molecular weight is 464 g/mol. The highest BCUT2D eigenvalue weighted by Gasteiger charge is 2.28. The van der Waals surface area contributed by atoms with Gasteiger partial charge >= 0.3 is 5.91 Å². The molecule has 0 radical (unpaired) electrons. The van der Waals surface area contributed by atoms with E-state index < -0.39 is 23.5 Å². The van der Waals surface area contributed by atoms with Crippen molar-refractivity contribution in [1.29, 1.82) is 0 Å². The lowest BCUT2D eigenvalue weighted by atomic mass is 9.93.